The van der Waals surface area contributed by atoms with Gasteiger partial charge < -0.3 is 8.97 Å². The zero-order chi connectivity index (χ0) is 18.2. The van der Waals surface area contributed by atoms with E-state index in [0.29, 0.717) is 13.0 Å². The topological polar surface area (TPSA) is 52.2 Å². The Hall–Kier alpha value is -2.96. The van der Waals surface area contributed by atoms with Gasteiger partial charge in [-0.05, 0) is 35.9 Å². The average Bonchev–Trinajstić information content (AvgIpc) is 3.32. The van der Waals surface area contributed by atoms with Gasteiger partial charge in [-0.25, -0.2) is 4.98 Å². The maximum absolute atomic E-state index is 13.1. The van der Waals surface area contributed by atoms with Crippen molar-refractivity contribution in [1.82, 2.24) is 18.9 Å². The first-order valence-corrected chi connectivity index (χ1v) is 9.61. The first kappa shape index (κ1) is 18.4. The van der Waals surface area contributed by atoms with Crippen molar-refractivity contribution in [2.24, 2.45) is 0 Å². The number of hydrogen-bond donors (Lipinski definition) is 0. The molecule has 0 unspecified atom stereocenters. The third-order valence-electron chi connectivity index (χ3n) is 4.71. The van der Waals surface area contributed by atoms with E-state index in [9.17, 15) is 4.79 Å². The van der Waals surface area contributed by atoms with Crippen LogP contribution in [0.15, 0.2) is 77.6 Å². The predicted octanol–water partition coefficient (Wildman–Crippen LogP) is 4.44. The number of halogens is 1. The van der Waals surface area contributed by atoms with Crippen molar-refractivity contribution in [1.29, 1.82) is 0 Å². The molecule has 140 valence electrons. The molecule has 0 radical (unpaired) electrons. The van der Waals surface area contributed by atoms with E-state index in [4.69, 9.17) is 0 Å². The molecule has 7 heteroatoms. The fourth-order valence-electron chi connectivity index (χ4n) is 3.35. The summed E-state index contributed by atoms with van der Waals surface area (Å²) in [5.74, 6) is 0. The fraction of sp³-hybridized carbons (Fsp3) is 0.0952. The molecule has 0 spiro atoms. The number of thiophene rings is 1. The van der Waals surface area contributed by atoms with E-state index in [1.165, 1.54) is 0 Å². The zero-order valence-electron chi connectivity index (χ0n) is 14.9. The third-order valence-corrected chi connectivity index (χ3v) is 5.66. The molecule has 0 saturated carbocycles. The van der Waals surface area contributed by atoms with Crippen LogP contribution in [0.25, 0.3) is 26.9 Å². The number of pyridine rings is 3. The van der Waals surface area contributed by atoms with Crippen molar-refractivity contribution in [3.05, 3.63) is 88.8 Å². The van der Waals surface area contributed by atoms with E-state index >= 15 is 0 Å². The van der Waals surface area contributed by atoms with Crippen molar-refractivity contribution in [3.8, 4) is 11.1 Å². The van der Waals surface area contributed by atoms with Crippen molar-refractivity contribution in [2.45, 2.75) is 13.0 Å². The highest BCUT2D eigenvalue weighted by molar-refractivity contribution is 7.17. The van der Waals surface area contributed by atoms with Gasteiger partial charge in [-0.15, -0.1) is 23.7 Å². The Morgan fingerprint density at radius 3 is 2.71 bits per heavy atom. The maximum atomic E-state index is 13.1. The number of aromatic nitrogens is 4. The lowest BCUT2D eigenvalue weighted by Crippen LogP contribution is -2.20. The van der Waals surface area contributed by atoms with Crippen LogP contribution in [0.2, 0.25) is 0 Å². The van der Waals surface area contributed by atoms with Crippen LogP contribution in [0.5, 0.6) is 0 Å². The number of aryl methyl sites for hydroxylation is 2. The Bertz CT molecular complexity index is 1270. The van der Waals surface area contributed by atoms with E-state index in [-0.39, 0.29) is 18.0 Å². The van der Waals surface area contributed by atoms with Crippen molar-refractivity contribution >= 4 is 39.5 Å². The Kier molecular flexibility index (Phi) is 4.98. The summed E-state index contributed by atoms with van der Waals surface area (Å²) in [5, 5.41) is 2.83. The van der Waals surface area contributed by atoms with E-state index in [0.717, 1.165) is 32.6 Å². The smallest absolute Gasteiger partial charge is 0.259 e. The van der Waals surface area contributed by atoms with Gasteiger partial charge in [-0.1, -0.05) is 6.07 Å². The van der Waals surface area contributed by atoms with E-state index in [1.807, 2.05) is 64.8 Å². The van der Waals surface area contributed by atoms with Gasteiger partial charge in [0.05, 0.1) is 11.1 Å². The number of hydrogen-bond acceptors (Lipinski definition) is 4. The normalized spacial score (nSPS) is 11.0. The largest absolute Gasteiger partial charge is 0.315 e. The number of imidazole rings is 1. The van der Waals surface area contributed by atoms with Crippen LogP contribution in [0, 0.1) is 0 Å². The van der Waals surface area contributed by atoms with Crippen LogP contribution >= 0.6 is 23.7 Å². The monoisotopic (exact) mass is 408 g/mol. The fourth-order valence-corrected chi connectivity index (χ4v) is 4.30. The molecule has 0 aliphatic carbocycles. The first-order valence-electron chi connectivity index (χ1n) is 8.73. The number of rotatable bonds is 4. The lowest BCUT2D eigenvalue weighted by Gasteiger charge is -2.06. The minimum Gasteiger partial charge on any atom is -0.315 e. The molecule has 5 heterocycles. The molecule has 0 saturated heterocycles. The molecule has 0 aromatic carbocycles. The standard InChI is InChI=1S/C21H16N4OS.ClH/c26-21-20-17(15-4-8-22-9-5-15)14-27-18(20)7-12-24(21)11-6-16-13-25-10-2-1-3-19(25)23-16;/h1-5,7-10,12-14H,6,11H2;1H. The van der Waals surface area contributed by atoms with Crippen molar-refractivity contribution < 1.29 is 0 Å². The summed E-state index contributed by atoms with van der Waals surface area (Å²) < 4.78 is 4.79. The van der Waals surface area contributed by atoms with E-state index in [2.05, 4.69) is 9.97 Å². The molecule has 5 rings (SSSR count). The Balaban J connectivity index is 0.00000192. The lowest BCUT2D eigenvalue weighted by atomic mass is 10.1. The maximum Gasteiger partial charge on any atom is 0.259 e. The van der Waals surface area contributed by atoms with Gasteiger partial charge in [0.1, 0.15) is 5.65 Å². The predicted molar refractivity (Wildman–Crippen MR) is 115 cm³/mol. The molecular formula is C21H17ClN4OS. The van der Waals surface area contributed by atoms with Gasteiger partial charge in [0.15, 0.2) is 0 Å². The summed E-state index contributed by atoms with van der Waals surface area (Å²) in [5.41, 5.74) is 3.95. The second-order valence-corrected chi connectivity index (χ2v) is 7.30. The number of fused-ring (bicyclic) bond motifs is 2. The van der Waals surface area contributed by atoms with E-state index < -0.39 is 0 Å². The van der Waals surface area contributed by atoms with Gasteiger partial charge in [0, 0.05) is 59.6 Å². The minimum atomic E-state index is 0. The van der Waals surface area contributed by atoms with Crippen LogP contribution in [0.1, 0.15) is 5.69 Å². The Morgan fingerprint density at radius 2 is 1.89 bits per heavy atom. The molecule has 0 aliphatic rings. The van der Waals surface area contributed by atoms with Gasteiger partial charge in [-0.3, -0.25) is 9.78 Å². The van der Waals surface area contributed by atoms with Gasteiger partial charge in [0.2, 0.25) is 0 Å². The second kappa shape index (κ2) is 7.58. The van der Waals surface area contributed by atoms with Gasteiger partial charge in [-0.2, -0.15) is 0 Å². The average molecular weight is 409 g/mol. The first-order chi connectivity index (χ1) is 13.3. The summed E-state index contributed by atoms with van der Waals surface area (Å²) >= 11 is 1.60. The van der Waals surface area contributed by atoms with Crippen LogP contribution < -0.4 is 5.56 Å². The second-order valence-electron chi connectivity index (χ2n) is 6.39. The van der Waals surface area contributed by atoms with Crippen molar-refractivity contribution in [2.75, 3.05) is 0 Å². The zero-order valence-corrected chi connectivity index (χ0v) is 16.5. The molecule has 0 N–H and O–H groups in total. The lowest BCUT2D eigenvalue weighted by molar-refractivity contribution is 0.668. The molecule has 5 nitrogen and oxygen atoms in total. The molecule has 0 fully saturated rings. The molecule has 0 bridgehead atoms. The molecule has 5 aromatic rings. The summed E-state index contributed by atoms with van der Waals surface area (Å²) in [6, 6.07) is 11.8. The molecule has 0 aliphatic heterocycles. The minimum absolute atomic E-state index is 0. The highest BCUT2D eigenvalue weighted by Crippen LogP contribution is 2.31. The van der Waals surface area contributed by atoms with Crippen LogP contribution in [-0.4, -0.2) is 18.9 Å². The quantitative estimate of drug-likeness (QED) is 0.442. The SMILES string of the molecule is Cl.O=c1c2c(-c3ccncc3)csc2ccn1CCc1cn2ccccc2n1. The highest BCUT2D eigenvalue weighted by atomic mass is 35.5. The summed E-state index contributed by atoms with van der Waals surface area (Å²) in [6.07, 6.45) is 10.1. The Labute approximate surface area is 171 Å². The van der Waals surface area contributed by atoms with Gasteiger partial charge >= 0.3 is 0 Å². The highest BCUT2D eigenvalue weighted by Gasteiger charge is 2.12. The number of nitrogens with zero attached hydrogens (tertiary/aromatic N) is 4. The van der Waals surface area contributed by atoms with Crippen LogP contribution in [-0.2, 0) is 13.0 Å². The van der Waals surface area contributed by atoms with Crippen LogP contribution in [0.4, 0.5) is 0 Å². The molecule has 28 heavy (non-hydrogen) atoms. The molecule has 0 amide bonds. The summed E-state index contributed by atoms with van der Waals surface area (Å²) in [6.45, 7) is 0.601. The van der Waals surface area contributed by atoms with Gasteiger partial charge in [0.25, 0.3) is 5.56 Å². The molecule has 0 atom stereocenters. The molecular weight excluding hydrogens is 392 g/mol. The van der Waals surface area contributed by atoms with Crippen molar-refractivity contribution in [3.63, 3.8) is 0 Å². The third kappa shape index (κ3) is 3.21. The molecule has 5 aromatic heterocycles. The van der Waals surface area contributed by atoms with E-state index in [1.54, 1.807) is 28.3 Å². The van der Waals surface area contributed by atoms with Crippen LogP contribution in [0.3, 0.4) is 0 Å². The Morgan fingerprint density at radius 1 is 1.04 bits per heavy atom. The summed E-state index contributed by atoms with van der Waals surface area (Å²) in [7, 11) is 0. The summed E-state index contributed by atoms with van der Waals surface area (Å²) in [4.78, 5) is 21.8.